The molecule has 1 heterocycles. The maximum absolute atomic E-state index is 10.7. The van der Waals surface area contributed by atoms with Crippen LogP contribution in [0.4, 0.5) is 0 Å². The van der Waals surface area contributed by atoms with E-state index < -0.39 is 0 Å². The fourth-order valence-electron chi connectivity index (χ4n) is 0.841. The highest BCUT2D eigenvalue weighted by atomic mass is 16.5. The van der Waals surface area contributed by atoms with Crippen molar-refractivity contribution in [2.45, 2.75) is 6.54 Å². The van der Waals surface area contributed by atoms with Crippen LogP contribution < -0.4 is 5.32 Å². The molecule has 13 heavy (non-hydrogen) atoms. The van der Waals surface area contributed by atoms with E-state index in [0.29, 0.717) is 6.54 Å². The number of methoxy groups -OCH3 is 1. The third-order valence-corrected chi connectivity index (χ3v) is 1.45. The van der Waals surface area contributed by atoms with Crippen molar-refractivity contribution in [2.24, 2.45) is 7.05 Å². The quantitative estimate of drug-likeness (QED) is 0.613. The van der Waals surface area contributed by atoms with E-state index in [-0.39, 0.29) is 12.5 Å². The third kappa shape index (κ3) is 3.20. The number of ether oxygens (including phenoxy) is 1. The number of hydrogen-bond acceptors (Lipinski definition) is 5. The molecule has 6 nitrogen and oxygen atoms in total. The number of aryl methyl sites for hydroxylation is 1. The summed E-state index contributed by atoms with van der Waals surface area (Å²) < 4.78 is 6.06. The van der Waals surface area contributed by atoms with Gasteiger partial charge in [-0.1, -0.05) is 5.21 Å². The van der Waals surface area contributed by atoms with Gasteiger partial charge >= 0.3 is 5.97 Å². The number of aromatic nitrogens is 3. The lowest BCUT2D eigenvalue weighted by molar-refractivity contribution is -0.139. The highest BCUT2D eigenvalue weighted by Gasteiger charge is 2.00. The monoisotopic (exact) mass is 184 g/mol. The Kier molecular flexibility index (Phi) is 3.39. The van der Waals surface area contributed by atoms with Crippen molar-refractivity contribution in [3.05, 3.63) is 11.9 Å². The van der Waals surface area contributed by atoms with Crippen LogP contribution in [0, 0.1) is 0 Å². The van der Waals surface area contributed by atoms with E-state index in [0.717, 1.165) is 5.69 Å². The number of carbonyl (C=O) groups excluding carboxylic acids is 1. The number of hydrogen-bond donors (Lipinski definition) is 1. The zero-order valence-corrected chi connectivity index (χ0v) is 7.65. The number of nitrogens with one attached hydrogen (secondary N) is 1. The number of esters is 1. The molecule has 0 radical (unpaired) electrons. The van der Waals surface area contributed by atoms with Gasteiger partial charge in [0, 0.05) is 19.8 Å². The Bertz CT molecular complexity index is 284. The summed E-state index contributed by atoms with van der Waals surface area (Å²) in [5.74, 6) is -0.288. The molecule has 1 aromatic heterocycles. The van der Waals surface area contributed by atoms with Crippen LogP contribution in [-0.4, -0.2) is 34.6 Å². The van der Waals surface area contributed by atoms with Crippen LogP contribution in [-0.2, 0) is 23.1 Å². The van der Waals surface area contributed by atoms with E-state index in [4.69, 9.17) is 0 Å². The average Bonchev–Trinajstić information content (AvgIpc) is 2.51. The van der Waals surface area contributed by atoms with Gasteiger partial charge in [0.15, 0.2) is 0 Å². The van der Waals surface area contributed by atoms with Crippen molar-refractivity contribution in [3.8, 4) is 0 Å². The summed E-state index contributed by atoms with van der Waals surface area (Å²) in [6.45, 7) is 0.704. The van der Waals surface area contributed by atoms with E-state index >= 15 is 0 Å². The normalized spacial score (nSPS) is 10.0. The van der Waals surface area contributed by atoms with Crippen LogP contribution in [0.15, 0.2) is 6.20 Å². The van der Waals surface area contributed by atoms with Crippen LogP contribution >= 0.6 is 0 Å². The van der Waals surface area contributed by atoms with E-state index in [1.54, 1.807) is 17.9 Å². The lowest BCUT2D eigenvalue weighted by Gasteiger charge is -1.99. The highest BCUT2D eigenvalue weighted by molar-refractivity contribution is 5.71. The predicted molar refractivity (Wildman–Crippen MR) is 44.7 cm³/mol. The van der Waals surface area contributed by atoms with E-state index in [1.165, 1.54) is 7.11 Å². The van der Waals surface area contributed by atoms with Crippen LogP contribution in [0.2, 0.25) is 0 Å². The standard InChI is InChI=1S/C7H12N4O2/c1-11-5-6(9-10-11)3-8-4-7(12)13-2/h5,8H,3-4H2,1-2H3. The fraction of sp³-hybridized carbons (Fsp3) is 0.571. The minimum Gasteiger partial charge on any atom is -0.468 e. The molecular formula is C7H12N4O2. The van der Waals surface area contributed by atoms with Gasteiger partial charge in [0.25, 0.3) is 0 Å². The van der Waals surface area contributed by atoms with E-state index in [1.807, 2.05) is 0 Å². The molecule has 0 aliphatic rings. The summed E-state index contributed by atoms with van der Waals surface area (Å²) in [6, 6.07) is 0. The Morgan fingerprint density at radius 1 is 1.77 bits per heavy atom. The first-order valence-electron chi connectivity index (χ1n) is 3.85. The second kappa shape index (κ2) is 4.56. The van der Waals surface area contributed by atoms with Crippen molar-refractivity contribution in [1.29, 1.82) is 0 Å². The van der Waals surface area contributed by atoms with E-state index in [9.17, 15) is 4.79 Å². The first-order chi connectivity index (χ1) is 6.22. The Hall–Kier alpha value is -1.43. The molecule has 1 N–H and O–H groups in total. The van der Waals surface area contributed by atoms with Gasteiger partial charge < -0.3 is 10.1 Å². The molecule has 72 valence electrons. The molecule has 0 bridgehead atoms. The van der Waals surface area contributed by atoms with Crippen molar-refractivity contribution in [3.63, 3.8) is 0 Å². The largest absolute Gasteiger partial charge is 0.468 e. The maximum atomic E-state index is 10.7. The molecule has 6 heteroatoms. The Balaban J connectivity index is 2.24. The van der Waals surface area contributed by atoms with Gasteiger partial charge in [0.2, 0.25) is 0 Å². The summed E-state index contributed by atoms with van der Waals surface area (Å²) in [5, 5.41) is 10.5. The van der Waals surface area contributed by atoms with Gasteiger partial charge in [-0.2, -0.15) is 0 Å². The summed E-state index contributed by atoms with van der Waals surface area (Å²) in [4.78, 5) is 10.7. The molecule has 1 rings (SSSR count). The minimum absolute atomic E-state index is 0.188. The molecule has 0 amide bonds. The van der Waals surface area contributed by atoms with Gasteiger partial charge in [-0.25, -0.2) is 0 Å². The topological polar surface area (TPSA) is 69.0 Å². The first-order valence-corrected chi connectivity index (χ1v) is 3.85. The molecule has 0 aliphatic carbocycles. The number of carbonyl (C=O) groups is 1. The lowest BCUT2D eigenvalue weighted by Crippen LogP contribution is -2.23. The highest BCUT2D eigenvalue weighted by Crippen LogP contribution is 1.88. The Labute approximate surface area is 75.9 Å². The van der Waals surface area contributed by atoms with E-state index in [2.05, 4.69) is 20.4 Å². The second-order valence-electron chi connectivity index (χ2n) is 2.56. The van der Waals surface area contributed by atoms with Gasteiger partial charge in [0.05, 0.1) is 19.3 Å². The van der Waals surface area contributed by atoms with Crippen LogP contribution in [0.3, 0.4) is 0 Å². The zero-order chi connectivity index (χ0) is 9.68. The summed E-state index contributed by atoms with van der Waals surface area (Å²) in [7, 11) is 3.14. The van der Waals surface area contributed by atoms with Gasteiger partial charge in [-0.3, -0.25) is 9.48 Å². The van der Waals surface area contributed by atoms with Crippen molar-refractivity contribution in [1.82, 2.24) is 20.3 Å². The molecule has 0 saturated heterocycles. The molecule has 0 saturated carbocycles. The molecule has 0 atom stereocenters. The third-order valence-electron chi connectivity index (χ3n) is 1.45. The summed E-state index contributed by atoms with van der Waals surface area (Å²) in [6.07, 6.45) is 1.78. The number of rotatable bonds is 4. The molecule has 0 aliphatic heterocycles. The van der Waals surface area contributed by atoms with Gasteiger partial charge in [-0.15, -0.1) is 5.10 Å². The fourth-order valence-corrected chi connectivity index (χ4v) is 0.841. The van der Waals surface area contributed by atoms with Crippen molar-refractivity contribution < 1.29 is 9.53 Å². The molecular weight excluding hydrogens is 172 g/mol. The second-order valence-corrected chi connectivity index (χ2v) is 2.56. The molecule has 1 aromatic rings. The Morgan fingerprint density at radius 2 is 2.54 bits per heavy atom. The van der Waals surface area contributed by atoms with Gasteiger partial charge in [-0.05, 0) is 0 Å². The SMILES string of the molecule is COC(=O)CNCc1cn(C)nn1. The molecule has 0 fully saturated rings. The van der Waals surface area contributed by atoms with Crippen LogP contribution in [0.1, 0.15) is 5.69 Å². The van der Waals surface area contributed by atoms with Crippen LogP contribution in [0.25, 0.3) is 0 Å². The summed E-state index contributed by atoms with van der Waals surface area (Å²) in [5.41, 5.74) is 0.798. The van der Waals surface area contributed by atoms with Crippen molar-refractivity contribution in [2.75, 3.05) is 13.7 Å². The summed E-state index contributed by atoms with van der Waals surface area (Å²) >= 11 is 0. The van der Waals surface area contributed by atoms with Gasteiger partial charge in [0.1, 0.15) is 0 Å². The maximum Gasteiger partial charge on any atom is 0.319 e. The smallest absolute Gasteiger partial charge is 0.319 e. The van der Waals surface area contributed by atoms with Crippen LogP contribution in [0.5, 0.6) is 0 Å². The van der Waals surface area contributed by atoms with Crippen molar-refractivity contribution >= 4 is 5.97 Å². The molecule has 0 aromatic carbocycles. The molecule has 0 spiro atoms. The Morgan fingerprint density at radius 3 is 3.08 bits per heavy atom. The zero-order valence-electron chi connectivity index (χ0n) is 7.65. The average molecular weight is 184 g/mol. The first kappa shape index (κ1) is 9.66. The lowest BCUT2D eigenvalue weighted by atomic mass is 10.4. The predicted octanol–water partition coefficient (Wildman–Crippen LogP) is -0.922. The number of nitrogens with zero attached hydrogens (tertiary/aromatic N) is 3. The minimum atomic E-state index is -0.288. The molecule has 0 unspecified atom stereocenters.